The van der Waals surface area contributed by atoms with E-state index in [0.717, 1.165) is 35.6 Å². The normalized spacial score (nSPS) is 25.2. The van der Waals surface area contributed by atoms with E-state index >= 15 is 0 Å². The lowest BCUT2D eigenvalue weighted by molar-refractivity contribution is 0.0943. The summed E-state index contributed by atoms with van der Waals surface area (Å²) in [4.78, 5) is 12.8. The van der Waals surface area contributed by atoms with Crippen molar-refractivity contribution in [1.82, 2.24) is 20.4 Å². The molecule has 31 heavy (non-hydrogen) atoms. The van der Waals surface area contributed by atoms with Gasteiger partial charge in [-0.15, -0.1) is 0 Å². The molecule has 170 valence electrons. The molecule has 2 fully saturated rings. The average Bonchev–Trinajstić information content (AvgIpc) is 3.45. The number of amides is 1. The maximum Gasteiger partial charge on any atom is 0.271 e. The smallest absolute Gasteiger partial charge is 0.271 e. The first-order chi connectivity index (χ1) is 14.9. The largest absolute Gasteiger partial charge is 0.347 e. The molecule has 0 radical (unpaired) electrons. The van der Waals surface area contributed by atoms with Gasteiger partial charge in [-0.25, -0.2) is 0 Å². The zero-order valence-electron chi connectivity index (χ0n) is 19.6. The minimum atomic E-state index is -0.0875. The predicted octanol–water partition coefficient (Wildman–Crippen LogP) is 4.54. The zero-order valence-corrected chi connectivity index (χ0v) is 19.6. The topological polar surface area (TPSA) is 85.7 Å². The summed E-state index contributed by atoms with van der Waals surface area (Å²) in [6.45, 7) is 11.2. The fourth-order valence-corrected chi connectivity index (χ4v) is 4.96. The van der Waals surface area contributed by atoms with Crippen molar-refractivity contribution in [2.45, 2.75) is 59.8 Å². The van der Waals surface area contributed by atoms with Crippen molar-refractivity contribution in [3.63, 3.8) is 0 Å². The molecule has 1 aromatic rings. The van der Waals surface area contributed by atoms with Crippen LogP contribution in [-0.2, 0) is 6.42 Å². The van der Waals surface area contributed by atoms with Crippen molar-refractivity contribution in [2.24, 2.45) is 17.3 Å². The molecule has 1 saturated heterocycles. The third-order valence-electron chi connectivity index (χ3n) is 7.02. The van der Waals surface area contributed by atoms with Crippen molar-refractivity contribution in [3.8, 4) is 0 Å². The summed E-state index contributed by atoms with van der Waals surface area (Å²) in [5.41, 5.74) is 4.04. The van der Waals surface area contributed by atoms with Gasteiger partial charge >= 0.3 is 0 Å². The first kappa shape index (κ1) is 23.3. The highest BCUT2D eigenvalue weighted by Gasteiger charge is 2.55. The van der Waals surface area contributed by atoms with Gasteiger partial charge in [-0.2, -0.15) is 0 Å². The highest BCUT2D eigenvalue weighted by atomic mass is 16.2. The number of carbonyl (C=O) groups excluding carboxylic acids is 1. The van der Waals surface area contributed by atoms with Crippen LogP contribution in [0.1, 0.15) is 69.6 Å². The Balaban J connectivity index is 1.49. The monoisotopic (exact) mass is 425 g/mol. The molecule has 6 nitrogen and oxygen atoms in total. The highest BCUT2D eigenvalue weighted by molar-refractivity contribution is 5.95. The first-order valence-corrected chi connectivity index (χ1v) is 11.7. The second kappa shape index (κ2) is 10.3. The van der Waals surface area contributed by atoms with Crippen LogP contribution in [0.2, 0.25) is 0 Å². The van der Waals surface area contributed by atoms with Crippen molar-refractivity contribution in [1.29, 1.82) is 5.41 Å². The van der Waals surface area contributed by atoms with Gasteiger partial charge in [-0.05, 0) is 80.9 Å². The molecule has 3 atom stereocenters. The van der Waals surface area contributed by atoms with E-state index in [0.29, 0.717) is 23.6 Å². The molecule has 2 heterocycles. The van der Waals surface area contributed by atoms with Gasteiger partial charge in [0.2, 0.25) is 0 Å². The summed E-state index contributed by atoms with van der Waals surface area (Å²) in [5, 5.41) is 17.1. The van der Waals surface area contributed by atoms with Crippen LogP contribution in [0.4, 0.5) is 0 Å². The van der Waals surface area contributed by atoms with E-state index in [1.165, 1.54) is 38.6 Å². The first-order valence-electron chi connectivity index (χ1n) is 11.7. The van der Waals surface area contributed by atoms with Crippen LogP contribution in [0.25, 0.3) is 6.20 Å². The number of aryl methyl sites for hydroxylation is 1. The zero-order chi connectivity index (χ0) is 22.4. The highest BCUT2D eigenvalue weighted by Crippen LogP contribution is 2.60. The van der Waals surface area contributed by atoms with Gasteiger partial charge in [0.1, 0.15) is 5.69 Å². The second-order valence-corrected chi connectivity index (χ2v) is 9.29. The Morgan fingerprint density at radius 1 is 1.45 bits per heavy atom. The summed E-state index contributed by atoms with van der Waals surface area (Å²) in [7, 11) is 0. The number of hydrogen-bond acceptors (Lipinski definition) is 3. The fraction of sp³-hybridized carbons (Fsp3) is 0.600. The molecule has 1 spiro atoms. The molecule has 1 amide bonds. The van der Waals surface area contributed by atoms with E-state index in [-0.39, 0.29) is 5.91 Å². The minimum absolute atomic E-state index is 0.0875. The molecular formula is C25H39N5O. The quantitative estimate of drug-likeness (QED) is 0.328. The number of hydrogen-bond donors (Lipinski definition) is 4. The number of allylic oxidation sites excluding steroid dienone is 3. The van der Waals surface area contributed by atoms with E-state index in [2.05, 4.69) is 40.9 Å². The Morgan fingerprint density at radius 2 is 2.26 bits per heavy atom. The van der Waals surface area contributed by atoms with E-state index in [9.17, 15) is 4.79 Å². The van der Waals surface area contributed by atoms with Crippen LogP contribution in [-0.4, -0.2) is 41.5 Å². The Labute approximate surface area is 186 Å². The van der Waals surface area contributed by atoms with Gasteiger partial charge in [-0.3, -0.25) is 14.6 Å². The minimum Gasteiger partial charge on any atom is -0.347 e. The van der Waals surface area contributed by atoms with E-state index in [1.807, 2.05) is 20.8 Å². The lowest BCUT2D eigenvalue weighted by Crippen LogP contribution is -2.33. The average molecular weight is 426 g/mol. The van der Waals surface area contributed by atoms with Gasteiger partial charge in [0.15, 0.2) is 0 Å². The van der Waals surface area contributed by atoms with Crippen LogP contribution in [0.3, 0.4) is 0 Å². The number of nitrogens with zero attached hydrogens (tertiary/aromatic N) is 1. The summed E-state index contributed by atoms with van der Waals surface area (Å²) in [6.07, 6.45) is 15.5. The summed E-state index contributed by atoms with van der Waals surface area (Å²) < 4.78 is 1.70. The van der Waals surface area contributed by atoms with E-state index in [1.54, 1.807) is 10.9 Å². The molecular weight excluding hydrogens is 386 g/mol. The van der Waals surface area contributed by atoms with Gasteiger partial charge in [0.25, 0.3) is 5.91 Å². The Morgan fingerprint density at radius 3 is 2.90 bits per heavy atom. The third-order valence-corrected chi connectivity index (χ3v) is 7.02. The molecule has 6 heteroatoms. The number of aromatic nitrogens is 2. The van der Waals surface area contributed by atoms with Crippen molar-refractivity contribution in [3.05, 3.63) is 40.8 Å². The van der Waals surface area contributed by atoms with Gasteiger partial charge < -0.3 is 16.0 Å². The lowest BCUT2D eigenvalue weighted by Gasteiger charge is -2.25. The molecule has 3 unspecified atom stereocenters. The number of nitrogens with one attached hydrogen (secondary N) is 4. The Hall–Kier alpha value is -2.34. The van der Waals surface area contributed by atoms with Crippen molar-refractivity contribution in [2.75, 3.05) is 19.6 Å². The van der Waals surface area contributed by atoms with Gasteiger partial charge in [-0.1, -0.05) is 32.1 Å². The molecule has 0 aromatic carbocycles. The number of carbonyl (C=O) groups is 1. The maximum atomic E-state index is 12.8. The summed E-state index contributed by atoms with van der Waals surface area (Å²) >= 11 is 0. The predicted molar refractivity (Wildman–Crippen MR) is 129 cm³/mol. The number of H-pyrrole nitrogens is 1. The number of aromatic amines is 1. The Bertz CT molecular complexity index is 863. The molecule has 0 bridgehead atoms. The molecule has 1 aliphatic carbocycles. The molecule has 2 aliphatic rings. The van der Waals surface area contributed by atoms with E-state index in [4.69, 9.17) is 5.41 Å². The molecule has 1 saturated carbocycles. The van der Waals surface area contributed by atoms with Crippen LogP contribution >= 0.6 is 0 Å². The number of piperidine rings is 1. The number of rotatable bonds is 10. The second-order valence-electron chi connectivity index (χ2n) is 9.29. The van der Waals surface area contributed by atoms with Gasteiger partial charge in [0.05, 0.1) is 5.69 Å². The van der Waals surface area contributed by atoms with Crippen LogP contribution < -0.4 is 10.6 Å². The SMILES string of the molecule is C/C=C(\C=C/CC(C)C1CC12CCCNC2)CNC(=O)c1c(CC)[nH]n1/C=C(/C)C=N. The van der Waals surface area contributed by atoms with Crippen molar-refractivity contribution < 1.29 is 4.79 Å². The molecule has 1 aliphatic heterocycles. The van der Waals surface area contributed by atoms with Crippen molar-refractivity contribution >= 4 is 18.3 Å². The molecule has 3 rings (SSSR count). The van der Waals surface area contributed by atoms with Crippen LogP contribution in [0.5, 0.6) is 0 Å². The van der Waals surface area contributed by atoms with Gasteiger partial charge in [0, 0.05) is 25.5 Å². The van der Waals surface area contributed by atoms with Crippen LogP contribution in [0.15, 0.2) is 29.4 Å². The van der Waals surface area contributed by atoms with E-state index < -0.39 is 0 Å². The maximum absolute atomic E-state index is 12.8. The molecule has 1 aromatic heterocycles. The summed E-state index contributed by atoms with van der Waals surface area (Å²) in [5.74, 6) is 1.47. The summed E-state index contributed by atoms with van der Waals surface area (Å²) in [6, 6.07) is 0. The fourth-order valence-electron chi connectivity index (χ4n) is 4.96. The lowest BCUT2D eigenvalue weighted by atomic mass is 9.88. The standard InChI is InChI=1S/C25H39N5O/c1-5-20(10-7-9-19(4)21-13-25(21)11-8-12-27-17-25)15-28-24(31)23-22(6-2)29-30(23)16-18(3)14-26/h5,7,10,14,16,19,21,26-27,29H,6,8-9,11-13,15,17H2,1-4H3,(H,28,31)/b10-7-,18-16-,20-5+,26-14?. The third kappa shape index (κ3) is 5.48. The van der Waals surface area contributed by atoms with Crippen LogP contribution in [0, 0.1) is 22.7 Å². The molecule has 4 N–H and O–H groups in total. The Kier molecular flexibility index (Phi) is 7.76.